The molecule has 0 fully saturated rings. The Hall–Kier alpha value is -1.15. The molecule has 0 saturated carbocycles. The van der Waals surface area contributed by atoms with Crippen LogP contribution in [-0.4, -0.2) is 51.2 Å². The molecular weight excluding hydrogens is 268 g/mol. The molecule has 0 spiro atoms. The number of rotatable bonds is 7. The fraction of sp³-hybridized carbons (Fsp3) is 0.500. The SMILES string of the molecule is COCC(O)CN(C)S(=O)(=O)Cc1cccc(N)c1. The van der Waals surface area contributed by atoms with Gasteiger partial charge in [-0.25, -0.2) is 12.7 Å². The van der Waals surface area contributed by atoms with Crippen LogP contribution in [0.1, 0.15) is 5.56 Å². The van der Waals surface area contributed by atoms with Gasteiger partial charge < -0.3 is 15.6 Å². The summed E-state index contributed by atoms with van der Waals surface area (Å²) in [5.74, 6) is -0.145. The first kappa shape index (κ1) is 15.9. The number of hydrogen-bond acceptors (Lipinski definition) is 5. The number of aliphatic hydroxyl groups excluding tert-OH is 1. The Bertz CT molecular complexity index is 504. The predicted octanol–water partition coefficient (Wildman–Crippen LogP) is 0.0377. The lowest BCUT2D eigenvalue weighted by Crippen LogP contribution is -2.36. The number of benzene rings is 1. The van der Waals surface area contributed by atoms with E-state index < -0.39 is 16.1 Å². The smallest absolute Gasteiger partial charge is 0.218 e. The van der Waals surface area contributed by atoms with Crippen molar-refractivity contribution in [1.29, 1.82) is 0 Å². The summed E-state index contributed by atoms with van der Waals surface area (Å²) in [7, 11) is -0.601. The monoisotopic (exact) mass is 288 g/mol. The number of nitrogens with zero attached hydrogens (tertiary/aromatic N) is 1. The van der Waals surface area contributed by atoms with Crippen LogP contribution in [0, 0.1) is 0 Å². The van der Waals surface area contributed by atoms with Crippen LogP contribution in [0.2, 0.25) is 0 Å². The zero-order chi connectivity index (χ0) is 14.5. The molecule has 108 valence electrons. The molecule has 3 N–H and O–H groups in total. The number of likely N-dealkylation sites (N-methyl/N-ethyl adjacent to an activating group) is 1. The second-order valence-corrected chi connectivity index (χ2v) is 6.47. The number of sulfonamides is 1. The van der Waals surface area contributed by atoms with Crippen molar-refractivity contribution in [1.82, 2.24) is 4.31 Å². The molecule has 19 heavy (non-hydrogen) atoms. The van der Waals surface area contributed by atoms with Crippen molar-refractivity contribution in [3.63, 3.8) is 0 Å². The Morgan fingerprint density at radius 1 is 1.47 bits per heavy atom. The number of nitrogens with two attached hydrogens (primary N) is 1. The van der Waals surface area contributed by atoms with E-state index in [-0.39, 0.29) is 18.9 Å². The molecule has 6 nitrogen and oxygen atoms in total. The van der Waals surface area contributed by atoms with E-state index in [4.69, 9.17) is 10.5 Å². The zero-order valence-electron chi connectivity index (χ0n) is 11.1. The van der Waals surface area contributed by atoms with E-state index in [0.29, 0.717) is 11.3 Å². The summed E-state index contributed by atoms with van der Waals surface area (Å²) in [5.41, 5.74) is 6.75. The van der Waals surface area contributed by atoms with Gasteiger partial charge in [0.2, 0.25) is 10.0 Å². The molecule has 7 heteroatoms. The van der Waals surface area contributed by atoms with Crippen molar-refractivity contribution in [2.24, 2.45) is 0 Å². The van der Waals surface area contributed by atoms with Gasteiger partial charge in [-0.05, 0) is 17.7 Å². The molecule has 1 unspecified atom stereocenters. The van der Waals surface area contributed by atoms with Gasteiger partial charge in [0.05, 0.1) is 18.5 Å². The van der Waals surface area contributed by atoms with Gasteiger partial charge in [0.1, 0.15) is 0 Å². The minimum atomic E-state index is -3.48. The van der Waals surface area contributed by atoms with Crippen molar-refractivity contribution in [2.45, 2.75) is 11.9 Å². The number of ether oxygens (including phenoxy) is 1. The van der Waals surface area contributed by atoms with E-state index in [1.807, 2.05) is 0 Å². The van der Waals surface area contributed by atoms with Crippen molar-refractivity contribution in [3.8, 4) is 0 Å². The van der Waals surface area contributed by atoms with Crippen LogP contribution in [0.4, 0.5) is 5.69 Å². The maximum absolute atomic E-state index is 12.1. The second kappa shape index (κ2) is 6.85. The fourth-order valence-corrected chi connectivity index (χ4v) is 2.88. The third-order valence-corrected chi connectivity index (χ3v) is 4.40. The lowest BCUT2D eigenvalue weighted by Gasteiger charge is -2.20. The lowest BCUT2D eigenvalue weighted by atomic mass is 10.2. The van der Waals surface area contributed by atoms with Gasteiger partial charge in [0.25, 0.3) is 0 Å². The number of anilines is 1. The van der Waals surface area contributed by atoms with Gasteiger partial charge in [-0.2, -0.15) is 0 Å². The zero-order valence-corrected chi connectivity index (χ0v) is 11.9. The van der Waals surface area contributed by atoms with Gasteiger partial charge in [0.15, 0.2) is 0 Å². The van der Waals surface area contributed by atoms with E-state index in [1.54, 1.807) is 24.3 Å². The minimum absolute atomic E-state index is 0.00150. The Morgan fingerprint density at radius 2 is 2.16 bits per heavy atom. The highest BCUT2D eigenvalue weighted by Crippen LogP contribution is 2.13. The average Bonchev–Trinajstić information content (AvgIpc) is 2.28. The summed E-state index contributed by atoms with van der Waals surface area (Å²) in [6.45, 7) is 0.0939. The van der Waals surface area contributed by atoms with Crippen molar-refractivity contribution >= 4 is 15.7 Å². The topological polar surface area (TPSA) is 92.9 Å². The van der Waals surface area contributed by atoms with Crippen molar-refractivity contribution < 1.29 is 18.3 Å². The van der Waals surface area contributed by atoms with E-state index >= 15 is 0 Å². The fourth-order valence-electron chi connectivity index (χ4n) is 1.66. The first-order chi connectivity index (χ1) is 8.85. The van der Waals surface area contributed by atoms with Crippen molar-refractivity contribution in [3.05, 3.63) is 29.8 Å². The van der Waals surface area contributed by atoms with Crippen LogP contribution < -0.4 is 5.73 Å². The predicted molar refractivity (Wildman–Crippen MR) is 74.0 cm³/mol. The van der Waals surface area contributed by atoms with Crippen molar-refractivity contribution in [2.75, 3.05) is 33.0 Å². The Morgan fingerprint density at radius 3 is 2.74 bits per heavy atom. The molecule has 0 heterocycles. The molecule has 1 atom stereocenters. The molecule has 1 aromatic carbocycles. The number of methoxy groups -OCH3 is 1. The molecule has 1 rings (SSSR count). The van der Waals surface area contributed by atoms with E-state index in [2.05, 4.69) is 0 Å². The molecule has 0 aliphatic carbocycles. The van der Waals surface area contributed by atoms with E-state index in [9.17, 15) is 13.5 Å². The molecule has 0 aromatic heterocycles. The molecule has 0 radical (unpaired) electrons. The highest BCUT2D eigenvalue weighted by molar-refractivity contribution is 7.88. The largest absolute Gasteiger partial charge is 0.399 e. The average molecular weight is 288 g/mol. The molecule has 0 amide bonds. The first-order valence-electron chi connectivity index (χ1n) is 5.80. The first-order valence-corrected chi connectivity index (χ1v) is 7.41. The normalized spacial score (nSPS) is 13.7. The van der Waals surface area contributed by atoms with E-state index in [0.717, 1.165) is 4.31 Å². The van der Waals surface area contributed by atoms with Crippen LogP contribution >= 0.6 is 0 Å². The second-order valence-electron chi connectivity index (χ2n) is 4.39. The molecule has 0 saturated heterocycles. The van der Waals surface area contributed by atoms with Crippen LogP contribution in [0.3, 0.4) is 0 Å². The summed E-state index contributed by atoms with van der Waals surface area (Å²) in [6, 6.07) is 6.73. The van der Waals surface area contributed by atoms with Gasteiger partial charge in [-0.15, -0.1) is 0 Å². The molecule has 0 bridgehead atoms. The third-order valence-electron chi connectivity index (χ3n) is 2.60. The maximum atomic E-state index is 12.1. The number of nitrogen functional groups attached to an aromatic ring is 1. The summed E-state index contributed by atoms with van der Waals surface area (Å²) < 4.78 is 30.1. The summed E-state index contributed by atoms with van der Waals surface area (Å²) in [6.07, 6.45) is -0.842. The Kier molecular flexibility index (Phi) is 5.74. The summed E-state index contributed by atoms with van der Waals surface area (Å²) in [5, 5.41) is 9.54. The number of aliphatic hydroxyl groups is 1. The Labute approximate surface area is 113 Å². The van der Waals surface area contributed by atoms with Gasteiger partial charge >= 0.3 is 0 Å². The molecular formula is C12H20N2O4S. The number of hydrogen-bond donors (Lipinski definition) is 2. The highest BCUT2D eigenvalue weighted by atomic mass is 32.2. The van der Waals surface area contributed by atoms with Crippen LogP contribution in [-0.2, 0) is 20.5 Å². The summed E-state index contributed by atoms with van der Waals surface area (Å²) >= 11 is 0. The van der Waals surface area contributed by atoms with Gasteiger partial charge in [-0.3, -0.25) is 0 Å². The Balaban J connectivity index is 2.70. The van der Waals surface area contributed by atoms with Crippen LogP contribution in [0.5, 0.6) is 0 Å². The lowest BCUT2D eigenvalue weighted by molar-refractivity contribution is 0.0554. The molecule has 1 aromatic rings. The van der Waals surface area contributed by atoms with Crippen LogP contribution in [0.25, 0.3) is 0 Å². The molecule has 0 aliphatic rings. The minimum Gasteiger partial charge on any atom is -0.399 e. The van der Waals surface area contributed by atoms with Crippen LogP contribution in [0.15, 0.2) is 24.3 Å². The van der Waals surface area contributed by atoms with Gasteiger partial charge in [0, 0.05) is 26.4 Å². The highest BCUT2D eigenvalue weighted by Gasteiger charge is 2.21. The standard InChI is InChI=1S/C12H20N2O4S/c1-14(7-12(15)8-18-2)19(16,17)9-10-4-3-5-11(13)6-10/h3-6,12,15H,7-9,13H2,1-2H3. The summed E-state index contributed by atoms with van der Waals surface area (Å²) in [4.78, 5) is 0. The quantitative estimate of drug-likeness (QED) is 0.691. The third kappa shape index (κ3) is 5.15. The van der Waals surface area contributed by atoms with E-state index in [1.165, 1.54) is 14.2 Å². The van der Waals surface area contributed by atoms with Gasteiger partial charge in [-0.1, -0.05) is 12.1 Å². The maximum Gasteiger partial charge on any atom is 0.218 e. The molecule has 0 aliphatic heterocycles.